The fraction of sp³-hybridized carbons (Fsp3) is 0.444. The SMILES string of the molecule is CC.CCOC(=O)CN(Cc1ccccc1CNC(=O)OCc1ccccc1)C(=O)C(C)(C)C. The van der Waals surface area contributed by atoms with Crippen LogP contribution in [0.1, 0.15) is 58.2 Å². The third-order valence-electron chi connectivity index (χ3n) is 4.67. The minimum atomic E-state index is -0.652. The first kappa shape index (κ1) is 28.7. The first-order valence-corrected chi connectivity index (χ1v) is 11.7. The normalized spacial score (nSPS) is 10.4. The van der Waals surface area contributed by atoms with Crippen molar-refractivity contribution in [2.24, 2.45) is 5.41 Å². The molecule has 0 spiro atoms. The van der Waals surface area contributed by atoms with Crippen LogP contribution in [0.15, 0.2) is 54.6 Å². The van der Waals surface area contributed by atoms with E-state index in [4.69, 9.17) is 9.47 Å². The fourth-order valence-electron chi connectivity index (χ4n) is 3.07. The van der Waals surface area contributed by atoms with Gasteiger partial charge in [0.1, 0.15) is 13.2 Å². The summed E-state index contributed by atoms with van der Waals surface area (Å²) in [5, 5.41) is 2.75. The van der Waals surface area contributed by atoms with Crippen LogP contribution in [0.2, 0.25) is 0 Å². The van der Waals surface area contributed by atoms with Crippen LogP contribution in [-0.4, -0.2) is 36.0 Å². The number of nitrogens with one attached hydrogen (secondary N) is 1. The quantitative estimate of drug-likeness (QED) is 0.517. The predicted octanol–water partition coefficient (Wildman–Crippen LogP) is 5.08. The molecule has 0 saturated heterocycles. The molecular formula is C27H38N2O5. The third kappa shape index (κ3) is 10.1. The highest BCUT2D eigenvalue weighted by molar-refractivity contribution is 5.85. The van der Waals surface area contributed by atoms with Crippen molar-refractivity contribution >= 4 is 18.0 Å². The van der Waals surface area contributed by atoms with Crippen molar-refractivity contribution in [1.82, 2.24) is 10.2 Å². The molecule has 2 rings (SSSR count). The van der Waals surface area contributed by atoms with E-state index in [1.54, 1.807) is 6.92 Å². The van der Waals surface area contributed by atoms with Crippen LogP contribution in [-0.2, 0) is 38.8 Å². The molecule has 0 aliphatic carbocycles. The molecule has 7 heteroatoms. The Morgan fingerprint density at radius 1 is 0.882 bits per heavy atom. The number of ether oxygens (including phenoxy) is 2. The van der Waals surface area contributed by atoms with E-state index in [0.29, 0.717) is 0 Å². The van der Waals surface area contributed by atoms with Gasteiger partial charge in [-0.2, -0.15) is 0 Å². The number of hydrogen-bond donors (Lipinski definition) is 1. The van der Waals surface area contributed by atoms with Crippen molar-refractivity contribution < 1.29 is 23.9 Å². The van der Waals surface area contributed by atoms with Gasteiger partial charge in [-0.05, 0) is 23.6 Å². The van der Waals surface area contributed by atoms with E-state index in [0.717, 1.165) is 16.7 Å². The molecule has 0 aromatic heterocycles. The number of rotatable bonds is 9. The van der Waals surface area contributed by atoms with Crippen molar-refractivity contribution in [1.29, 1.82) is 0 Å². The third-order valence-corrected chi connectivity index (χ3v) is 4.67. The zero-order chi connectivity index (χ0) is 25.6. The Kier molecular flexibility index (Phi) is 12.4. The van der Waals surface area contributed by atoms with E-state index in [-0.39, 0.29) is 38.8 Å². The zero-order valence-electron chi connectivity index (χ0n) is 21.2. The highest BCUT2D eigenvalue weighted by Gasteiger charge is 2.29. The number of carbonyl (C=O) groups excluding carboxylic acids is 3. The van der Waals surface area contributed by atoms with Crippen molar-refractivity contribution in [2.75, 3.05) is 13.2 Å². The van der Waals surface area contributed by atoms with Crippen LogP contribution in [0.4, 0.5) is 4.79 Å². The maximum absolute atomic E-state index is 12.9. The number of nitrogens with zero attached hydrogens (tertiary/aromatic N) is 1. The smallest absolute Gasteiger partial charge is 0.407 e. The summed E-state index contributed by atoms with van der Waals surface area (Å²) >= 11 is 0. The van der Waals surface area contributed by atoms with E-state index in [2.05, 4.69) is 5.32 Å². The molecule has 0 saturated carbocycles. The molecule has 1 N–H and O–H groups in total. The summed E-state index contributed by atoms with van der Waals surface area (Å²) in [7, 11) is 0. The highest BCUT2D eigenvalue weighted by Crippen LogP contribution is 2.21. The standard InChI is InChI=1S/C25H32N2O5.C2H6/c1-5-31-22(28)17-27(23(29)25(2,3)4)16-21-14-10-9-13-20(21)15-26-24(30)32-18-19-11-7-6-8-12-19;1-2/h6-14H,5,15-18H2,1-4H3,(H,26,30);1-2H3. The van der Waals surface area contributed by atoms with Gasteiger partial charge in [0, 0.05) is 18.5 Å². The second-order valence-corrected chi connectivity index (χ2v) is 8.40. The van der Waals surface area contributed by atoms with Gasteiger partial charge < -0.3 is 19.7 Å². The molecule has 2 aromatic rings. The molecule has 7 nitrogen and oxygen atoms in total. The van der Waals surface area contributed by atoms with Gasteiger partial charge in [-0.15, -0.1) is 0 Å². The van der Waals surface area contributed by atoms with Crippen molar-refractivity contribution in [3.63, 3.8) is 0 Å². The van der Waals surface area contributed by atoms with Gasteiger partial charge in [0.15, 0.2) is 0 Å². The molecule has 2 amide bonds. The van der Waals surface area contributed by atoms with Crippen LogP contribution in [0, 0.1) is 5.41 Å². The number of alkyl carbamates (subject to hydrolysis) is 1. The lowest BCUT2D eigenvalue weighted by molar-refractivity contribution is -0.152. The van der Waals surface area contributed by atoms with Crippen LogP contribution in [0.5, 0.6) is 0 Å². The van der Waals surface area contributed by atoms with Gasteiger partial charge in [0.25, 0.3) is 0 Å². The van der Waals surface area contributed by atoms with Gasteiger partial charge in [0.05, 0.1) is 6.61 Å². The molecule has 0 bridgehead atoms. The molecule has 186 valence electrons. The van der Waals surface area contributed by atoms with Crippen LogP contribution in [0.3, 0.4) is 0 Å². The Balaban J connectivity index is 0.00000281. The summed E-state index contributed by atoms with van der Waals surface area (Å²) in [6.45, 7) is 11.9. The minimum absolute atomic E-state index is 0.134. The Labute approximate surface area is 203 Å². The maximum atomic E-state index is 12.9. The molecule has 0 heterocycles. The average Bonchev–Trinajstić information content (AvgIpc) is 2.82. The van der Waals surface area contributed by atoms with E-state index in [9.17, 15) is 14.4 Å². The molecule has 0 radical (unpaired) electrons. The van der Waals surface area contributed by atoms with Gasteiger partial charge in [-0.1, -0.05) is 89.2 Å². The molecule has 0 aliphatic rings. The molecule has 0 aliphatic heterocycles. The minimum Gasteiger partial charge on any atom is -0.465 e. The second-order valence-electron chi connectivity index (χ2n) is 8.40. The highest BCUT2D eigenvalue weighted by atomic mass is 16.5. The summed E-state index contributed by atoms with van der Waals surface area (Å²) in [5.41, 5.74) is 1.91. The van der Waals surface area contributed by atoms with Gasteiger partial charge in [-0.25, -0.2) is 4.79 Å². The summed E-state index contributed by atoms with van der Waals surface area (Å²) in [6.07, 6.45) is -0.530. The number of carbonyl (C=O) groups is 3. The summed E-state index contributed by atoms with van der Waals surface area (Å²) in [4.78, 5) is 38.6. The van der Waals surface area contributed by atoms with Crippen molar-refractivity contribution in [2.45, 2.75) is 61.2 Å². The average molecular weight is 471 g/mol. The topological polar surface area (TPSA) is 84.9 Å². The molecule has 0 atom stereocenters. The van der Waals surface area contributed by atoms with Crippen molar-refractivity contribution in [3.8, 4) is 0 Å². The second kappa shape index (κ2) is 14.7. The molecule has 0 unspecified atom stereocenters. The molecule has 0 fully saturated rings. The van der Waals surface area contributed by atoms with E-state index in [1.165, 1.54) is 4.90 Å². The number of esters is 1. The fourth-order valence-corrected chi connectivity index (χ4v) is 3.07. The van der Waals surface area contributed by atoms with E-state index in [1.807, 2.05) is 89.2 Å². The maximum Gasteiger partial charge on any atom is 0.407 e. The first-order chi connectivity index (χ1) is 16.2. The van der Waals surface area contributed by atoms with Crippen molar-refractivity contribution in [3.05, 3.63) is 71.3 Å². The van der Waals surface area contributed by atoms with E-state index >= 15 is 0 Å². The zero-order valence-corrected chi connectivity index (χ0v) is 21.2. The molecular weight excluding hydrogens is 432 g/mol. The van der Waals surface area contributed by atoms with E-state index < -0.39 is 17.5 Å². The Bertz CT molecular complexity index is 907. The lowest BCUT2D eigenvalue weighted by atomic mass is 9.94. The van der Waals surface area contributed by atoms with Crippen LogP contribution >= 0.6 is 0 Å². The molecule has 2 aromatic carbocycles. The Morgan fingerprint density at radius 3 is 2.06 bits per heavy atom. The van der Waals surface area contributed by atoms with Gasteiger partial charge in [-0.3, -0.25) is 9.59 Å². The van der Waals surface area contributed by atoms with Gasteiger partial charge in [0.2, 0.25) is 5.91 Å². The number of benzene rings is 2. The Morgan fingerprint density at radius 2 is 1.47 bits per heavy atom. The van der Waals surface area contributed by atoms with Crippen LogP contribution < -0.4 is 5.32 Å². The summed E-state index contributed by atoms with van der Waals surface area (Å²) in [5.74, 6) is -0.610. The molecule has 34 heavy (non-hydrogen) atoms. The monoisotopic (exact) mass is 470 g/mol. The lowest BCUT2D eigenvalue weighted by Crippen LogP contribution is -2.42. The van der Waals surface area contributed by atoms with Gasteiger partial charge >= 0.3 is 12.1 Å². The van der Waals surface area contributed by atoms with Crippen LogP contribution in [0.25, 0.3) is 0 Å². The number of amides is 2. The number of hydrogen-bond acceptors (Lipinski definition) is 5. The summed E-state index contributed by atoms with van der Waals surface area (Å²) in [6, 6.07) is 16.9. The predicted molar refractivity (Wildman–Crippen MR) is 133 cm³/mol. The first-order valence-electron chi connectivity index (χ1n) is 11.7. The Hall–Kier alpha value is -3.35. The largest absolute Gasteiger partial charge is 0.465 e. The lowest BCUT2D eigenvalue weighted by Gasteiger charge is -2.29. The summed E-state index contributed by atoms with van der Waals surface area (Å²) < 4.78 is 10.3.